The predicted octanol–water partition coefficient (Wildman–Crippen LogP) is 2.41. The van der Waals surface area contributed by atoms with Gasteiger partial charge in [0.15, 0.2) is 13.7 Å². The van der Waals surface area contributed by atoms with Crippen molar-refractivity contribution in [2.45, 2.75) is 12.8 Å². The molecule has 0 saturated carbocycles. The van der Waals surface area contributed by atoms with Crippen LogP contribution in [0, 0.1) is 5.92 Å². The van der Waals surface area contributed by atoms with E-state index in [4.69, 9.17) is 12.4 Å². The molecule has 1 aromatic heterocycles. The monoisotopic (exact) mass is 239 g/mol. The van der Waals surface area contributed by atoms with Crippen LogP contribution in [0.4, 0.5) is 0 Å². The molecule has 2 heterocycles. The maximum absolute atomic E-state index is 12.3. The van der Waals surface area contributed by atoms with Gasteiger partial charge in [-0.1, -0.05) is 18.2 Å². The van der Waals surface area contributed by atoms with Gasteiger partial charge in [-0.25, -0.2) is 0 Å². The summed E-state index contributed by atoms with van der Waals surface area (Å²) in [6.07, 6.45) is 1.62. The molecule has 0 aliphatic carbocycles. The molecule has 3 rings (SSSR count). The third kappa shape index (κ3) is 2.08. The van der Waals surface area contributed by atoms with Gasteiger partial charge in [0.2, 0.25) is 5.78 Å². The Balaban J connectivity index is 1.83. The molecular formula is C14H14BNO2. The highest BCUT2D eigenvalue weighted by Crippen LogP contribution is 2.25. The van der Waals surface area contributed by atoms with E-state index < -0.39 is 0 Å². The van der Waals surface area contributed by atoms with Crippen LogP contribution in [0.3, 0.4) is 0 Å². The van der Waals surface area contributed by atoms with Gasteiger partial charge in [-0.05, 0) is 38.1 Å². The van der Waals surface area contributed by atoms with Crippen molar-refractivity contribution < 1.29 is 9.21 Å². The Kier molecular flexibility index (Phi) is 2.96. The molecule has 1 saturated heterocycles. The third-order valence-corrected chi connectivity index (χ3v) is 3.57. The first kappa shape index (κ1) is 11.5. The number of fused-ring (bicyclic) bond motifs is 1. The van der Waals surface area contributed by atoms with Crippen molar-refractivity contribution in [2.75, 3.05) is 13.1 Å². The first-order valence-corrected chi connectivity index (χ1v) is 6.26. The Hall–Kier alpha value is -1.55. The first-order valence-electron chi connectivity index (χ1n) is 6.26. The van der Waals surface area contributed by atoms with Crippen molar-refractivity contribution in [1.29, 1.82) is 0 Å². The average Bonchev–Trinajstić information content (AvgIpc) is 2.82. The van der Waals surface area contributed by atoms with E-state index >= 15 is 0 Å². The van der Waals surface area contributed by atoms with Crippen LogP contribution in [0.1, 0.15) is 23.4 Å². The van der Waals surface area contributed by atoms with E-state index in [-0.39, 0.29) is 11.7 Å². The molecule has 2 aromatic rings. The molecule has 3 nitrogen and oxygen atoms in total. The number of carbonyl (C=O) groups excluding carboxylic acids is 1. The zero-order valence-electron chi connectivity index (χ0n) is 10.1. The van der Waals surface area contributed by atoms with Crippen molar-refractivity contribution in [1.82, 2.24) is 4.81 Å². The average molecular weight is 239 g/mol. The number of ketones is 1. The Morgan fingerprint density at radius 1 is 1.28 bits per heavy atom. The van der Waals surface area contributed by atoms with Gasteiger partial charge in [0.05, 0.1) is 0 Å². The van der Waals surface area contributed by atoms with Gasteiger partial charge in [-0.3, -0.25) is 4.79 Å². The number of para-hydroxylation sites is 1. The summed E-state index contributed by atoms with van der Waals surface area (Å²) in [7, 11) is 5.70. The highest BCUT2D eigenvalue weighted by atomic mass is 16.3. The zero-order chi connectivity index (χ0) is 12.5. The lowest BCUT2D eigenvalue weighted by molar-refractivity contribution is 0.0850. The van der Waals surface area contributed by atoms with Crippen molar-refractivity contribution >= 4 is 24.7 Å². The molecule has 1 aromatic carbocycles. The van der Waals surface area contributed by atoms with Gasteiger partial charge in [-0.15, -0.1) is 0 Å². The second kappa shape index (κ2) is 4.61. The topological polar surface area (TPSA) is 33.5 Å². The summed E-state index contributed by atoms with van der Waals surface area (Å²) in [4.78, 5) is 14.1. The fourth-order valence-corrected chi connectivity index (χ4v) is 2.47. The Morgan fingerprint density at radius 2 is 2.00 bits per heavy atom. The molecule has 1 fully saturated rings. The lowest BCUT2D eigenvalue weighted by Crippen LogP contribution is -2.34. The van der Waals surface area contributed by atoms with E-state index in [0.29, 0.717) is 5.76 Å². The maximum atomic E-state index is 12.3. The lowest BCUT2D eigenvalue weighted by atomic mass is 9.90. The van der Waals surface area contributed by atoms with Gasteiger partial charge in [0.25, 0.3) is 0 Å². The largest absolute Gasteiger partial charge is 0.453 e. The molecule has 0 bridgehead atoms. The molecule has 0 amide bonds. The number of rotatable bonds is 2. The fourth-order valence-electron chi connectivity index (χ4n) is 2.47. The number of Topliss-reactive ketones (excluding diaryl/α,β-unsaturated/α-hetero) is 1. The van der Waals surface area contributed by atoms with Gasteiger partial charge in [-0.2, -0.15) is 0 Å². The molecule has 0 N–H and O–H groups in total. The molecule has 0 spiro atoms. The van der Waals surface area contributed by atoms with Crippen LogP contribution in [-0.4, -0.2) is 31.7 Å². The van der Waals surface area contributed by atoms with Gasteiger partial charge in [0.1, 0.15) is 5.58 Å². The van der Waals surface area contributed by atoms with Crippen LogP contribution in [0.2, 0.25) is 0 Å². The van der Waals surface area contributed by atoms with E-state index in [1.165, 1.54) is 0 Å². The first-order chi connectivity index (χ1) is 8.74. The fraction of sp³-hybridized carbons (Fsp3) is 0.357. The van der Waals surface area contributed by atoms with Crippen LogP contribution < -0.4 is 0 Å². The van der Waals surface area contributed by atoms with Gasteiger partial charge >= 0.3 is 0 Å². The number of nitrogens with zero attached hydrogens (tertiary/aromatic N) is 1. The molecule has 1 aliphatic heterocycles. The molecule has 90 valence electrons. The summed E-state index contributed by atoms with van der Waals surface area (Å²) >= 11 is 0. The number of benzene rings is 1. The lowest BCUT2D eigenvalue weighted by Gasteiger charge is -2.27. The smallest absolute Gasteiger partial charge is 0.201 e. The summed E-state index contributed by atoms with van der Waals surface area (Å²) in [6, 6.07) is 9.53. The van der Waals surface area contributed by atoms with Crippen LogP contribution in [0.15, 0.2) is 34.7 Å². The zero-order valence-corrected chi connectivity index (χ0v) is 10.1. The second-order valence-electron chi connectivity index (χ2n) is 4.82. The van der Waals surface area contributed by atoms with E-state index in [9.17, 15) is 4.79 Å². The summed E-state index contributed by atoms with van der Waals surface area (Å²) in [5, 5.41) is 0.983. The highest BCUT2D eigenvalue weighted by Gasteiger charge is 2.26. The number of furan rings is 1. The number of hydrogen-bond acceptors (Lipinski definition) is 3. The molecule has 18 heavy (non-hydrogen) atoms. The highest BCUT2D eigenvalue weighted by molar-refractivity contribution is 6.04. The molecule has 0 unspecified atom stereocenters. The van der Waals surface area contributed by atoms with Crippen molar-refractivity contribution in [3.05, 3.63) is 36.1 Å². The van der Waals surface area contributed by atoms with Gasteiger partial charge < -0.3 is 9.23 Å². The predicted molar refractivity (Wildman–Crippen MR) is 70.6 cm³/mol. The van der Waals surface area contributed by atoms with Crippen molar-refractivity contribution in [3.8, 4) is 0 Å². The van der Waals surface area contributed by atoms with E-state index in [0.717, 1.165) is 36.9 Å². The molecular weight excluding hydrogens is 225 g/mol. The Bertz CT molecular complexity index is 537. The SMILES string of the molecule is [B]N1CCC(C(=O)c2cc3ccccc3o2)CC1. The minimum absolute atomic E-state index is 0.0466. The number of carbonyl (C=O) groups is 1. The third-order valence-electron chi connectivity index (χ3n) is 3.57. The quantitative estimate of drug-likeness (QED) is 0.596. The summed E-state index contributed by atoms with van der Waals surface area (Å²) in [6.45, 7) is 1.55. The van der Waals surface area contributed by atoms with Crippen molar-refractivity contribution in [2.24, 2.45) is 5.92 Å². The maximum Gasteiger partial charge on any atom is 0.201 e. The van der Waals surface area contributed by atoms with Gasteiger partial charge in [0, 0.05) is 11.3 Å². The van der Waals surface area contributed by atoms with Crippen LogP contribution in [0.5, 0.6) is 0 Å². The summed E-state index contributed by atoms with van der Waals surface area (Å²) in [5.41, 5.74) is 0.775. The molecule has 2 radical (unpaired) electrons. The number of hydrogen-bond donors (Lipinski definition) is 0. The minimum atomic E-state index is 0.0466. The Morgan fingerprint density at radius 3 is 2.72 bits per heavy atom. The summed E-state index contributed by atoms with van der Waals surface area (Å²) in [5.74, 6) is 0.635. The number of piperidine rings is 1. The molecule has 4 heteroatoms. The van der Waals surface area contributed by atoms with Crippen molar-refractivity contribution in [3.63, 3.8) is 0 Å². The van der Waals surface area contributed by atoms with E-state index in [2.05, 4.69) is 0 Å². The Labute approximate surface area is 107 Å². The molecule has 0 atom stereocenters. The van der Waals surface area contributed by atoms with Crippen LogP contribution in [0.25, 0.3) is 11.0 Å². The normalized spacial score (nSPS) is 18.2. The van der Waals surface area contributed by atoms with Crippen LogP contribution in [-0.2, 0) is 0 Å². The van der Waals surface area contributed by atoms with E-state index in [1.807, 2.05) is 30.3 Å². The molecule has 1 aliphatic rings. The van der Waals surface area contributed by atoms with E-state index in [1.54, 1.807) is 4.81 Å². The van der Waals surface area contributed by atoms with Crippen LogP contribution >= 0.6 is 0 Å². The minimum Gasteiger partial charge on any atom is -0.453 e. The summed E-state index contributed by atoms with van der Waals surface area (Å²) < 4.78 is 5.62. The second-order valence-corrected chi connectivity index (χ2v) is 4.82. The standard InChI is InChI=1S/C14H14BNO2/c15-16-7-5-10(6-8-16)14(17)13-9-11-3-1-2-4-12(11)18-13/h1-4,9-10H,5-8H2.